The lowest BCUT2D eigenvalue weighted by Gasteiger charge is -2.16. The Morgan fingerprint density at radius 2 is 1.80 bits per heavy atom. The Hall–Kier alpha value is -2.28. The summed E-state index contributed by atoms with van der Waals surface area (Å²) in [5.41, 5.74) is 1.33. The van der Waals surface area contributed by atoms with Crippen molar-refractivity contribution in [2.24, 2.45) is 10.1 Å². The van der Waals surface area contributed by atoms with E-state index in [9.17, 15) is 15.3 Å². The summed E-state index contributed by atoms with van der Waals surface area (Å²) < 4.78 is 1.78. The van der Waals surface area contributed by atoms with Gasteiger partial charge in [0, 0.05) is 10.4 Å². The molecule has 0 atom stereocenters. The zero-order chi connectivity index (χ0) is 18.0. The molecular weight excluding hydrogens is 338 g/mol. The molecule has 1 aliphatic rings. The molecule has 1 aromatic carbocycles. The first kappa shape index (κ1) is 17.5. The molecule has 7 heteroatoms. The largest absolute Gasteiger partial charge is 0.504 e. The summed E-state index contributed by atoms with van der Waals surface area (Å²) in [5.74, 6) is -1.29. The number of aromatic nitrogens is 1. The van der Waals surface area contributed by atoms with Crippen LogP contribution in [0, 0.1) is 13.8 Å². The number of aryl methyl sites for hydroxylation is 1. The first-order valence-electron chi connectivity index (χ1n) is 8.48. The van der Waals surface area contributed by atoms with Crippen LogP contribution in [0.2, 0.25) is 0 Å². The average Bonchev–Trinajstić information content (AvgIpc) is 2.87. The molecule has 1 aliphatic carbocycles. The lowest BCUT2D eigenvalue weighted by Crippen LogP contribution is -2.19. The Balaban J connectivity index is 1.97. The van der Waals surface area contributed by atoms with Gasteiger partial charge < -0.3 is 15.3 Å². The summed E-state index contributed by atoms with van der Waals surface area (Å²) >= 11 is 1.61. The Kier molecular flexibility index (Phi) is 5.13. The van der Waals surface area contributed by atoms with Gasteiger partial charge in [-0.15, -0.1) is 11.3 Å². The van der Waals surface area contributed by atoms with Crippen molar-refractivity contribution in [3.8, 4) is 17.2 Å². The number of hydrogen-bond acceptors (Lipinski definition) is 6. The molecule has 1 heterocycles. The summed E-state index contributed by atoms with van der Waals surface area (Å²) in [6.45, 7) is 4.02. The molecule has 3 rings (SSSR count). The maximum absolute atomic E-state index is 9.93. The van der Waals surface area contributed by atoms with Gasteiger partial charge in [-0.25, -0.2) is 4.68 Å². The normalized spacial score (nSPS) is 16.8. The molecule has 0 aliphatic heterocycles. The van der Waals surface area contributed by atoms with Crippen molar-refractivity contribution >= 4 is 17.6 Å². The van der Waals surface area contributed by atoms with E-state index in [0.29, 0.717) is 11.6 Å². The fraction of sp³-hybridized carbons (Fsp3) is 0.444. The standard InChI is InChI=1S/C18H23N3O3S/c1-11-12(2)25-18(20-14-6-4-3-5-7-14)21(11)19-10-13-8-9-15(22)17(24)16(13)23/h8-10,14,22-24H,3-7H2,1-2H3/b19-10+,20-18-. The lowest BCUT2D eigenvalue weighted by atomic mass is 9.96. The molecule has 0 amide bonds. The van der Waals surface area contributed by atoms with Gasteiger partial charge in [0.1, 0.15) is 0 Å². The van der Waals surface area contributed by atoms with E-state index in [1.54, 1.807) is 16.0 Å². The number of nitrogens with zero attached hydrogens (tertiary/aromatic N) is 3. The molecule has 0 bridgehead atoms. The molecule has 1 saturated carbocycles. The quantitative estimate of drug-likeness (QED) is 0.578. The van der Waals surface area contributed by atoms with Crippen LogP contribution in [0.5, 0.6) is 17.2 Å². The topological polar surface area (TPSA) is 90.3 Å². The molecule has 25 heavy (non-hydrogen) atoms. The van der Waals surface area contributed by atoms with Crippen LogP contribution < -0.4 is 4.80 Å². The Labute approximate surface area is 150 Å². The number of rotatable bonds is 3. The van der Waals surface area contributed by atoms with Gasteiger partial charge in [0.15, 0.2) is 11.5 Å². The van der Waals surface area contributed by atoms with E-state index in [-0.39, 0.29) is 11.5 Å². The van der Waals surface area contributed by atoms with Crippen LogP contribution in [0.3, 0.4) is 0 Å². The summed E-state index contributed by atoms with van der Waals surface area (Å²) in [6.07, 6.45) is 7.44. The van der Waals surface area contributed by atoms with Crippen LogP contribution in [0.25, 0.3) is 0 Å². The van der Waals surface area contributed by atoms with E-state index >= 15 is 0 Å². The maximum Gasteiger partial charge on any atom is 0.206 e. The summed E-state index contributed by atoms with van der Waals surface area (Å²) in [6, 6.07) is 3.17. The van der Waals surface area contributed by atoms with E-state index < -0.39 is 5.75 Å². The third kappa shape index (κ3) is 3.71. The minimum Gasteiger partial charge on any atom is -0.504 e. The highest BCUT2D eigenvalue weighted by molar-refractivity contribution is 7.09. The van der Waals surface area contributed by atoms with Crippen LogP contribution >= 0.6 is 11.3 Å². The highest BCUT2D eigenvalue weighted by Gasteiger charge is 2.14. The van der Waals surface area contributed by atoms with Crippen molar-refractivity contribution in [2.45, 2.75) is 52.0 Å². The molecule has 134 valence electrons. The molecule has 0 spiro atoms. The Bertz CT molecular complexity index is 861. The monoisotopic (exact) mass is 361 g/mol. The first-order chi connectivity index (χ1) is 12.0. The van der Waals surface area contributed by atoms with Gasteiger partial charge in [0.05, 0.1) is 18.0 Å². The molecule has 1 fully saturated rings. The Morgan fingerprint density at radius 3 is 2.52 bits per heavy atom. The molecule has 0 unspecified atom stereocenters. The van der Waals surface area contributed by atoms with E-state index in [1.807, 2.05) is 13.8 Å². The zero-order valence-electron chi connectivity index (χ0n) is 14.4. The van der Waals surface area contributed by atoms with Crippen molar-refractivity contribution in [3.05, 3.63) is 33.1 Å². The molecule has 1 aromatic heterocycles. The van der Waals surface area contributed by atoms with E-state index in [1.165, 1.54) is 37.6 Å². The van der Waals surface area contributed by atoms with Crippen LogP contribution in [0.15, 0.2) is 22.2 Å². The third-order valence-electron chi connectivity index (χ3n) is 4.59. The highest BCUT2D eigenvalue weighted by atomic mass is 32.1. The van der Waals surface area contributed by atoms with E-state index in [4.69, 9.17) is 4.99 Å². The lowest BCUT2D eigenvalue weighted by molar-refractivity contribution is 0.367. The minimum atomic E-state index is -0.542. The fourth-order valence-corrected chi connectivity index (χ4v) is 3.92. The van der Waals surface area contributed by atoms with Gasteiger partial charge in [0.25, 0.3) is 0 Å². The fourth-order valence-electron chi connectivity index (χ4n) is 2.94. The van der Waals surface area contributed by atoms with Gasteiger partial charge in [-0.2, -0.15) is 5.10 Å². The van der Waals surface area contributed by atoms with Gasteiger partial charge in [-0.05, 0) is 38.8 Å². The minimum absolute atomic E-state index is 0.328. The van der Waals surface area contributed by atoms with Crippen LogP contribution in [0.1, 0.15) is 48.2 Å². The van der Waals surface area contributed by atoms with Crippen molar-refractivity contribution in [2.75, 3.05) is 0 Å². The second kappa shape index (κ2) is 7.31. The van der Waals surface area contributed by atoms with E-state index in [0.717, 1.165) is 28.2 Å². The summed E-state index contributed by atoms with van der Waals surface area (Å²) in [7, 11) is 0. The van der Waals surface area contributed by atoms with Crippen LogP contribution in [0.4, 0.5) is 0 Å². The van der Waals surface area contributed by atoms with Crippen LogP contribution in [-0.2, 0) is 0 Å². The molecule has 6 nitrogen and oxygen atoms in total. The van der Waals surface area contributed by atoms with Crippen molar-refractivity contribution in [1.82, 2.24) is 4.68 Å². The van der Waals surface area contributed by atoms with Crippen molar-refractivity contribution in [1.29, 1.82) is 0 Å². The third-order valence-corrected chi connectivity index (χ3v) is 5.66. The number of hydrogen-bond donors (Lipinski definition) is 3. The second-order valence-electron chi connectivity index (χ2n) is 6.37. The zero-order valence-corrected chi connectivity index (χ0v) is 15.3. The average molecular weight is 361 g/mol. The van der Waals surface area contributed by atoms with E-state index in [2.05, 4.69) is 5.10 Å². The van der Waals surface area contributed by atoms with Gasteiger partial charge in [-0.3, -0.25) is 4.99 Å². The molecule has 0 saturated heterocycles. The Morgan fingerprint density at radius 1 is 1.08 bits per heavy atom. The summed E-state index contributed by atoms with van der Waals surface area (Å²) in [4.78, 5) is 6.87. The maximum atomic E-state index is 9.93. The number of phenolic OH excluding ortho intramolecular Hbond substituents is 3. The SMILES string of the molecule is Cc1s/c(=N\C2CCCCC2)n(/N=C/c2ccc(O)c(O)c2O)c1C. The van der Waals surface area contributed by atoms with Crippen molar-refractivity contribution < 1.29 is 15.3 Å². The predicted molar refractivity (Wildman–Crippen MR) is 98.6 cm³/mol. The second-order valence-corrected chi connectivity index (χ2v) is 7.56. The first-order valence-corrected chi connectivity index (χ1v) is 9.30. The summed E-state index contributed by atoms with van der Waals surface area (Å²) in [5, 5.41) is 33.4. The molecule has 3 N–H and O–H groups in total. The number of benzene rings is 1. The molecule has 0 radical (unpaired) electrons. The number of phenols is 3. The highest BCUT2D eigenvalue weighted by Crippen LogP contribution is 2.36. The number of aromatic hydroxyl groups is 3. The van der Waals surface area contributed by atoms with Gasteiger partial charge in [-0.1, -0.05) is 19.3 Å². The molecular formula is C18H23N3O3S. The number of thiazole rings is 1. The van der Waals surface area contributed by atoms with Crippen LogP contribution in [-0.4, -0.2) is 32.3 Å². The van der Waals surface area contributed by atoms with Crippen molar-refractivity contribution in [3.63, 3.8) is 0 Å². The van der Waals surface area contributed by atoms with Gasteiger partial charge >= 0.3 is 0 Å². The smallest absolute Gasteiger partial charge is 0.206 e. The predicted octanol–water partition coefficient (Wildman–Crippen LogP) is 3.40. The van der Waals surface area contributed by atoms with Gasteiger partial charge in [0.2, 0.25) is 10.6 Å². The molecule has 2 aromatic rings.